The van der Waals surface area contributed by atoms with Gasteiger partial charge in [0, 0.05) is 55.5 Å². The molecule has 0 bridgehead atoms. The van der Waals surface area contributed by atoms with Crippen molar-refractivity contribution in [1.29, 1.82) is 0 Å². The van der Waals surface area contributed by atoms with Crippen LogP contribution in [-0.2, 0) is 21.4 Å². The van der Waals surface area contributed by atoms with Crippen molar-refractivity contribution in [2.45, 2.75) is 25.6 Å². The summed E-state index contributed by atoms with van der Waals surface area (Å²) in [5.41, 5.74) is 10.2. The first-order valence-corrected chi connectivity index (χ1v) is 13.3. The molecule has 11 heteroatoms. The van der Waals surface area contributed by atoms with Gasteiger partial charge in [0.1, 0.15) is 6.04 Å². The Balaban J connectivity index is 1.55. The highest BCUT2D eigenvalue weighted by Crippen LogP contribution is 2.12. The average molecular weight is 514 g/mol. The quantitative estimate of drug-likeness (QED) is 0.234. The highest BCUT2D eigenvalue weighted by molar-refractivity contribution is 7.88. The van der Waals surface area contributed by atoms with E-state index in [2.05, 4.69) is 22.1 Å². The number of amides is 2. The molecule has 0 radical (unpaired) electrons. The largest absolute Gasteiger partial charge is 0.339 e. The normalized spacial score (nSPS) is 16.3. The Kier molecular flexibility index (Phi) is 9.19. The van der Waals surface area contributed by atoms with E-state index in [1.807, 2.05) is 24.3 Å². The van der Waals surface area contributed by atoms with Gasteiger partial charge in [-0.2, -0.15) is 4.31 Å². The molecule has 192 valence electrons. The van der Waals surface area contributed by atoms with Gasteiger partial charge in [-0.05, 0) is 48.9 Å². The molecule has 0 unspecified atom stereocenters. The molecule has 1 fully saturated rings. The van der Waals surface area contributed by atoms with Crippen molar-refractivity contribution in [3.8, 4) is 11.8 Å². The smallest absolute Gasteiger partial charge is 0.267 e. The Morgan fingerprint density at radius 2 is 1.53 bits per heavy atom. The molecule has 0 saturated carbocycles. The van der Waals surface area contributed by atoms with Crippen LogP contribution in [0.25, 0.3) is 0 Å². The highest BCUT2D eigenvalue weighted by Gasteiger charge is 2.25. The van der Waals surface area contributed by atoms with Crippen molar-refractivity contribution in [3.63, 3.8) is 0 Å². The van der Waals surface area contributed by atoms with Crippen molar-refractivity contribution >= 4 is 21.8 Å². The molecule has 1 saturated heterocycles. The van der Waals surface area contributed by atoms with Gasteiger partial charge in [-0.3, -0.25) is 19.7 Å². The van der Waals surface area contributed by atoms with Gasteiger partial charge in [-0.1, -0.05) is 24.0 Å². The van der Waals surface area contributed by atoms with Crippen LogP contribution in [0.5, 0.6) is 0 Å². The lowest BCUT2D eigenvalue weighted by atomic mass is 10.1. The molecule has 36 heavy (non-hydrogen) atoms. The minimum atomic E-state index is -3.13. The van der Waals surface area contributed by atoms with Crippen molar-refractivity contribution in [2.75, 3.05) is 32.4 Å². The molecule has 2 atom stereocenters. The maximum Gasteiger partial charge on any atom is 0.267 e. The molecule has 2 aromatic carbocycles. The van der Waals surface area contributed by atoms with Gasteiger partial charge in [0.05, 0.1) is 6.26 Å². The number of piperazine rings is 1. The Bertz CT molecular complexity index is 1230. The van der Waals surface area contributed by atoms with Crippen LogP contribution in [0.15, 0.2) is 48.5 Å². The number of carbonyl (C=O) groups excluding carboxylic acids is 2. The second-order valence-corrected chi connectivity index (χ2v) is 10.7. The zero-order chi connectivity index (χ0) is 26.3. The first-order valence-electron chi connectivity index (χ1n) is 11.5. The summed E-state index contributed by atoms with van der Waals surface area (Å²) in [7, 11) is -3.13. The van der Waals surface area contributed by atoms with Crippen LogP contribution in [-0.4, -0.2) is 79.2 Å². The summed E-state index contributed by atoms with van der Waals surface area (Å²) in [5, 5.41) is 11.3. The van der Waals surface area contributed by atoms with Gasteiger partial charge >= 0.3 is 0 Å². The zero-order valence-electron chi connectivity index (χ0n) is 20.3. The first-order chi connectivity index (χ1) is 17.1. The predicted molar refractivity (Wildman–Crippen MR) is 135 cm³/mol. The predicted octanol–water partition coefficient (Wildman–Crippen LogP) is 0.115. The number of hydrogen-bond acceptors (Lipinski definition) is 7. The van der Waals surface area contributed by atoms with Crippen LogP contribution in [0.1, 0.15) is 34.0 Å². The third kappa shape index (κ3) is 7.61. The van der Waals surface area contributed by atoms with E-state index in [-0.39, 0.29) is 0 Å². The number of hydrogen-bond donors (Lipinski definition) is 4. The van der Waals surface area contributed by atoms with E-state index in [4.69, 9.17) is 10.9 Å². The Morgan fingerprint density at radius 3 is 2.00 bits per heavy atom. The van der Waals surface area contributed by atoms with E-state index in [0.29, 0.717) is 31.7 Å². The average Bonchev–Trinajstić information content (AvgIpc) is 2.86. The summed E-state index contributed by atoms with van der Waals surface area (Å²) in [5.74, 6) is 4.88. The monoisotopic (exact) mass is 513 g/mol. The van der Waals surface area contributed by atoms with E-state index in [0.717, 1.165) is 23.2 Å². The van der Waals surface area contributed by atoms with E-state index in [1.165, 1.54) is 16.0 Å². The van der Waals surface area contributed by atoms with Crippen LogP contribution >= 0.6 is 0 Å². The second kappa shape index (κ2) is 12.1. The number of nitrogens with zero attached hydrogens (tertiary/aromatic N) is 2. The van der Waals surface area contributed by atoms with Gasteiger partial charge in [-0.25, -0.2) is 13.9 Å². The second-order valence-electron chi connectivity index (χ2n) is 8.75. The van der Waals surface area contributed by atoms with Crippen LogP contribution in [0.3, 0.4) is 0 Å². The van der Waals surface area contributed by atoms with Crippen LogP contribution < -0.4 is 16.5 Å². The molecule has 2 aromatic rings. The first kappa shape index (κ1) is 27.3. The Hall–Kier alpha value is -3.27. The lowest BCUT2D eigenvalue weighted by Crippen LogP contribution is -2.54. The Labute approximate surface area is 211 Å². The van der Waals surface area contributed by atoms with E-state index < -0.39 is 33.9 Å². The highest BCUT2D eigenvalue weighted by atomic mass is 32.2. The molecule has 0 aromatic heterocycles. The summed E-state index contributed by atoms with van der Waals surface area (Å²) in [6.07, 6.45) is 1.24. The fraction of sp³-hybridized carbons (Fsp3) is 0.360. The number of nitrogens with two attached hydrogens (primary N) is 1. The van der Waals surface area contributed by atoms with Gasteiger partial charge in [0.15, 0.2) is 0 Å². The van der Waals surface area contributed by atoms with Crippen molar-refractivity contribution < 1.29 is 23.2 Å². The summed E-state index contributed by atoms with van der Waals surface area (Å²) in [6.45, 7) is 4.71. The molecular weight excluding hydrogens is 482 g/mol. The SMILES string of the molecule is C[C@@H](N)[C@H](NC(=O)c1ccc(C#Cc2ccc(CN3CCN(S(C)(=O)=O)CC3)cc2)cc1)C(=O)NO. The van der Waals surface area contributed by atoms with Gasteiger partial charge in [-0.15, -0.1) is 0 Å². The summed E-state index contributed by atoms with van der Waals surface area (Å²) in [4.78, 5) is 26.3. The van der Waals surface area contributed by atoms with Crippen molar-refractivity contribution in [2.24, 2.45) is 5.73 Å². The van der Waals surface area contributed by atoms with Crippen LogP contribution in [0.2, 0.25) is 0 Å². The zero-order valence-corrected chi connectivity index (χ0v) is 21.1. The standard InChI is InChI=1S/C25H31N5O5S/c1-18(26)23(25(32)28-33)27-24(31)22-11-9-20(10-12-22)4-3-19-5-7-21(8-6-19)17-29-13-15-30(16-14-29)36(2,34)35/h5-12,18,23,33H,13-17,26H2,1-2H3,(H,27,31)(H,28,32)/t18-,23+/m1/s1. The Morgan fingerprint density at radius 1 is 1.00 bits per heavy atom. The lowest BCUT2D eigenvalue weighted by molar-refractivity contribution is -0.131. The summed E-state index contributed by atoms with van der Waals surface area (Å²) < 4.78 is 24.8. The van der Waals surface area contributed by atoms with E-state index in [9.17, 15) is 18.0 Å². The molecule has 3 rings (SSSR count). The number of nitrogens with one attached hydrogen (secondary N) is 2. The number of rotatable bonds is 7. The van der Waals surface area contributed by atoms with E-state index >= 15 is 0 Å². The minimum Gasteiger partial charge on any atom is -0.339 e. The molecule has 2 amide bonds. The molecular formula is C25H31N5O5S. The molecule has 0 aliphatic carbocycles. The summed E-state index contributed by atoms with van der Waals surface area (Å²) in [6, 6.07) is 12.8. The van der Waals surface area contributed by atoms with Crippen molar-refractivity contribution in [3.05, 3.63) is 70.8 Å². The number of hydroxylamine groups is 1. The molecule has 5 N–H and O–H groups in total. The fourth-order valence-electron chi connectivity index (χ4n) is 3.75. The van der Waals surface area contributed by atoms with Crippen LogP contribution in [0, 0.1) is 11.8 Å². The van der Waals surface area contributed by atoms with E-state index in [1.54, 1.807) is 31.2 Å². The van der Waals surface area contributed by atoms with Gasteiger partial charge in [0.25, 0.3) is 11.8 Å². The summed E-state index contributed by atoms with van der Waals surface area (Å²) >= 11 is 0. The van der Waals surface area contributed by atoms with Gasteiger partial charge in [0.2, 0.25) is 10.0 Å². The molecule has 1 aliphatic rings. The number of sulfonamides is 1. The third-order valence-corrected chi connectivity index (χ3v) is 7.17. The van der Waals surface area contributed by atoms with Crippen molar-refractivity contribution in [1.82, 2.24) is 20.0 Å². The lowest BCUT2D eigenvalue weighted by Gasteiger charge is -2.33. The molecule has 10 nitrogen and oxygen atoms in total. The molecule has 1 aliphatic heterocycles. The number of benzene rings is 2. The maximum absolute atomic E-state index is 12.4. The van der Waals surface area contributed by atoms with Crippen LogP contribution in [0.4, 0.5) is 0 Å². The minimum absolute atomic E-state index is 0.332. The van der Waals surface area contributed by atoms with Gasteiger partial charge < -0.3 is 11.1 Å². The topological polar surface area (TPSA) is 145 Å². The molecule has 1 heterocycles. The molecule has 0 spiro atoms. The third-order valence-electron chi connectivity index (χ3n) is 5.86. The number of carbonyl (C=O) groups is 2. The maximum atomic E-state index is 12.4. The fourth-order valence-corrected chi connectivity index (χ4v) is 4.58.